The van der Waals surface area contributed by atoms with Crippen LogP contribution in [0.4, 0.5) is 5.69 Å². The van der Waals surface area contributed by atoms with Crippen LogP contribution in [-0.2, 0) is 17.8 Å². The molecule has 0 aliphatic carbocycles. The van der Waals surface area contributed by atoms with E-state index in [9.17, 15) is 4.79 Å². The Labute approximate surface area is 165 Å². The number of benzene rings is 2. The molecular weight excluding hydrogens is 352 g/mol. The minimum absolute atomic E-state index is 0.208. The zero-order valence-electron chi connectivity index (χ0n) is 16.4. The Balaban J connectivity index is 1.75. The van der Waals surface area contributed by atoms with Gasteiger partial charge < -0.3 is 14.8 Å². The van der Waals surface area contributed by atoms with Crippen molar-refractivity contribution in [3.8, 4) is 11.5 Å². The van der Waals surface area contributed by atoms with Crippen molar-refractivity contribution in [3.63, 3.8) is 0 Å². The number of carbonyl (C=O) groups is 1. The maximum Gasteiger partial charge on any atom is 0.257 e. The first-order valence-corrected chi connectivity index (χ1v) is 9.23. The summed E-state index contributed by atoms with van der Waals surface area (Å²) in [5.74, 6) is 1.28. The second kappa shape index (κ2) is 9.15. The van der Waals surface area contributed by atoms with Crippen molar-refractivity contribution in [2.45, 2.75) is 26.9 Å². The van der Waals surface area contributed by atoms with E-state index in [4.69, 9.17) is 9.47 Å². The van der Waals surface area contributed by atoms with Crippen LogP contribution in [0.3, 0.4) is 0 Å². The van der Waals surface area contributed by atoms with Crippen LogP contribution in [0.15, 0.2) is 60.7 Å². The lowest BCUT2D eigenvalue weighted by atomic mass is 10.1. The third-order valence-electron chi connectivity index (χ3n) is 4.35. The van der Waals surface area contributed by atoms with Gasteiger partial charge in [0, 0.05) is 18.9 Å². The quantitative estimate of drug-likeness (QED) is 0.620. The van der Waals surface area contributed by atoms with Crippen LogP contribution in [0.2, 0.25) is 0 Å². The van der Waals surface area contributed by atoms with E-state index in [0.717, 1.165) is 23.4 Å². The summed E-state index contributed by atoms with van der Waals surface area (Å²) in [6.45, 7) is 4.32. The SMILES string of the molecule is CCc1ccccc1Oc1cccc(NC(=O)c2ccc(COC)nc2C)c1. The highest BCUT2D eigenvalue weighted by molar-refractivity contribution is 6.05. The third-order valence-corrected chi connectivity index (χ3v) is 4.35. The fourth-order valence-corrected chi connectivity index (χ4v) is 2.94. The monoisotopic (exact) mass is 376 g/mol. The summed E-state index contributed by atoms with van der Waals surface area (Å²) in [5, 5.41) is 2.92. The van der Waals surface area contributed by atoms with Gasteiger partial charge in [-0.05, 0) is 49.2 Å². The summed E-state index contributed by atoms with van der Waals surface area (Å²) in [4.78, 5) is 17.1. The van der Waals surface area contributed by atoms with Crippen LogP contribution in [0.5, 0.6) is 11.5 Å². The van der Waals surface area contributed by atoms with E-state index < -0.39 is 0 Å². The van der Waals surface area contributed by atoms with Crippen LogP contribution in [0.1, 0.15) is 34.2 Å². The van der Waals surface area contributed by atoms with Crippen molar-refractivity contribution in [2.75, 3.05) is 12.4 Å². The average molecular weight is 376 g/mol. The molecule has 0 fully saturated rings. The number of hydrogen-bond donors (Lipinski definition) is 1. The zero-order chi connectivity index (χ0) is 19.9. The molecule has 0 bridgehead atoms. The molecule has 0 saturated heterocycles. The van der Waals surface area contributed by atoms with Gasteiger partial charge in [0.25, 0.3) is 5.91 Å². The molecule has 3 rings (SSSR count). The van der Waals surface area contributed by atoms with Gasteiger partial charge in [-0.3, -0.25) is 9.78 Å². The molecule has 1 N–H and O–H groups in total. The number of para-hydroxylation sites is 1. The number of nitrogens with one attached hydrogen (secondary N) is 1. The molecule has 5 heteroatoms. The van der Waals surface area contributed by atoms with E-state index in [1.54, 1.807) is 19.2 Å². The Morgan fingerprint density at radius 3 is 2.64 bits per heavy atom. The lowest BCUT2D eigenvalue weighted by Gasteiger charge is -2.12. The van der Waals surface area contributed by atoms with Gasteiger partial charge in [0.05, 0.1) is 23.6 Å². The third kappa shape index (κ3) is 4.75. The molecule has 28 heavy (non-hydrogen) atoms. The maximum atomic E-state index is 12.7. The number of methoxy groups -OCH3 is 1. The molecule has 5 nitrogen and oxygen atoms in total. The fraction of sp³-hybridized carbons (Fsp3) is 0.217. The normalized spacial score (nSPS) is 10.5. The largest absolute Gasteiger partial charge is 0.457 e. The summed E-state index contributed by atoms with van der Waals surface area (Å²) < 4.78 is 11.1. The molecule has 0 aliphatic rings. The summed E-state index contributed by atoms with van der Waals surface area (Å²) >= 11 is 0. The molecule has 3 aromatic rings. The summed E-state index contributed by atoms with van der Waals surface area (Å²) in [6.07, 6.45) is 0.887. The number of aryl methyl sites for hydroxylation is 2. The van der Waals surface area contributed by atoms with Gasteiger partial charge in [0.15, 0.2) is 0 Å². The van der Waals surface area contributed by atoms with Gasteiger partial charge in [-0.2, -0.15) is 0 Å². The molecule has 1 amide bonds. The molecule has 0 spiro atoms. The van der Waals surface area contributed by atoms with Crippen molar-refractivity contribution in [1.29, 1.82) is 0 Å². The first kappa shape index (κ1) is 19.6. The molecule has 144 valence electrons. The fourth-order valence-electron chi connectivity index (χ4n) is 2.94. The van der Waals surface area contributed by atoms with Crippen molar-refractivity contribution < 1.29 is 14.3 Å². The van der Waals surface area contributed by atoms with Crippen LogP contribution < -0.4 is 10.1 Å². The first-order valence-electron chi connectivity index (χ1n) is 9.23. The van der Waals surface area contributed by atoms with Gasteiger partial charge in [0.2, 0.25) is 0 Å². The van der Waals surface area contributed by atoms with E-state index in [1.165, 1.54) is 0 Å². The number of rotatable bonds is 7. The number of aromatic nitrogens is 1. The Hall–Kier alpha value is -3.18. The number of hydrogen-bond acceptors (Lipinski definition) is 4. The predicted molar refractivity (Wildman–Crippen MR) is 110 cm³/mol. The van der Waals surface area contributed by atoms with E-state index in [2.05, 4.69) is 17.2 Å². The molecule has 2 aromatic carbocycles. The average Bonchev–Trinajstić information content (AvgIpc) is 2.69. The highest BCUT2D eigenvalue weighted by Crippen LogP contribution is 2.27. The minimum Gasteiger partial charge on any atom is -0.457 e. The smallest absolute Gasteiger partial charge is 0.257 e. The van der Waals surface area contributed by atoms with Crippen LogP contribution >= 0.6 is 0 Å². The Kier molecular flexibility index (Phi) is 6.40. The van der Waals surface area contributed by atoms with E-state index in [-0.39, 0.29) is 5.91 Å². The molecular formula is C23H24N2O3. The second-order valence-corrected chi connectivity index (χ2v) is 6.41. The summed E-state index contributed by atoms with van der Waals surface area (Å²) in [7, 11) is 1.62. The first-order chi connectivity index (χ1) is 13.6. The number of nitrogens with zero attached hydrogens (tertiary/aromatic N) is 1. The van der Waals surface area contributed by atoms with Crippen LogP contribution in [-0.4, -0.2) is 18.0 Å². The molecule has 0 saturated carbocycles. The number of pyridine rings is 1. The van der Waals surface area contributed by atoms with E-state index >= 15 is 0 Å². The molecule has 1 aromatic heterocycles. The standard InChI is InChI=1S/C23H24N2O3/c1-4-17-8-5-6-11-22(17)28-20-10-7-9-18(14-20)25-23(26)21-13-12-19(15-27-3)24-16(21)2/h5-14H,4,15H2,1-3H3,(H,25,26). The summed E-state index contributed by atoms with van der Waals surface area (Å²) in [6, 6.07) is 18.9. The molecule has 0 atom stereocenters. The molecule has 0 radical (unpaired) electrons. The van der Waals surface area contributed by atoms with E-state index in [0.29, 0.717) is 29.3 Å². The number of anilines is 1. The predicted octanol–water partition coefficient (Wildman–Crippen LogP) is 5.14. The Morgan fingerprint density at radius 1 is 1.07 bits per heavy atom. The summed E-state index contributed by atoms with van der Waals surface area (Å²) in [5.41, 5.74) is 3.78. The Bertz CT molecular complexity index is 970. The maximum absolute atomic E-state index is 12.7. The van der Waals surface area contributed by atoms with Gasteiger partial charge in [0.1, 0.15) is 11.5 Å². The zero-order valence-corrected chi connectivity index (χ0v) is 16.4. The lowest BCUT2D eigenvalue weighted by Crippen LogP contribution is -2.14. The number of amides is 1. The highest BCUT2D eigenvalue weighted by Gasteiger charge is 2.12. The van der Waals surface area contributed by atoms with Crippen molar-refractivity contribution in [1.82, 2.24) is 4.98 Å². The minimum atomic E-state index is -0.208. The lowest BCUT2D eigenvalue weighted by molar-refractivity contribution is 0.102. The van der Waals surface area contributed by atoms with Gasteiger partial charge in [-0.15, -0.1) is 0 Å². The molecule has 0 unspecified atom stereocenters. The van der Waals surface area contributed by atoms with Crippen molar-refractivity contribution >= 4 is 11.6 Å². The van der Waals surface area contributed by atoms with Crippen LogP contribution in [0, 0.1) is 6.92 Å². The molecule has 0 aliphatic heterocycles. The van der Waals surface area contributed by atoms with Gasteiger partial charge in [-0.25, -0.2) is 0 Å². The van der Waals surface area contributed by atoms with E-state index in [1.807, 2.05) is 55.5 Å². The van der Waals surface area contributed by atoms with Crippen molar-refractivity contribution in [3.05, 3.63) is 83.2 Å². The van der Waals surface area contributed by atoms with Crippen molar-refractivity contribution in [2.24, 2.45) is 0 Å². The van der Waals surface area contributed by atoms with Gasteiger partial charge in [-0.1, -0.05) is 31.2 Å². The highest BCUT2D eigenvalue weighted by atomic mass is 16.5. The number of ether oxygens (including phenoxy) is 2. The Morgan fingerprint density at radius 2 is 1.89 bits per heavy atom. The second-order valence-electron chi connectivity index (χ2n) is 6.41. The van der Waals surface area contributed by atoms with Crippen LogP contribution in [0.25, 0.3) is 0 Å². The number of carbonyl (C=O) groups excluding carboxylic acids is 1. The van der Waals surface area contributed by atoms with Gasteiger partial charge >= 0.3 is 0 Å². The topological polar surface area (TPSA) is 60.5 Å². The molecule has 1 heterocycles.